The minimum atomic E-state index is -0.0598. The van der Waals surface area contributed by atoms with E-state index in [0.717, 1.165) is 56.8 Å². The Kier molecular flexibility index (Phi) is 8.87. The summed E-state index contributed by atoms with van der Waals surface area (Å²) in [4.78, 5) is 26.7. The predicted octanol–water partition coefficient (Wildman–Crippen LogP) is 2.39. The SMILES string of the molecule is O=C(CCc1ccccc1)NCc1ccc(C(=O)NCCCN2CCOCC2)cc1. The van der Waals surface area contributed by atoms with Crippen molar-refractivity contribution in [1.82, 2.24) is 15.5 Å². The van der Waals surface area contributed by atoms with Gasteiger partial charge in [0.2, 0.25) is 5.91 Å². The average molecular weight is 410 g/mol. The molecule has 2 aromatic rings. The Morgan fingerprint density at radius 3 is 2.37 bits per heavy atom. The third-order valence-electron chi connectivity index (χ3n) is 5.23. The largest absolute Gasteiger partial charge is 0.379 e. The fourth-order valence-corrected chi connectivity index (χ4v) is 3.40. The summed E-state index contributed by atoms with van der Waals surface area (Å²) in [5.74, 6) is -0.0311. The van der Waals surface area contributed by atoms with Gasteiger partial charge in [0.15, 0.2) is 0 Å². The van der Waals surface area contributed by atoms with Gasteiger partial charge in [-0.05, 0) is 42.6 Å². The summed E-state index contributed by atoms with van der Waals surface area (Å²) in [7, 11) is 0. The van der Waals surface area contributed by atoms with Crippen molar-refractivity contribution in [2.24, 2.45) is 0 Å². The zero-order valence-corrected chi connectivity index (χ0v) is 17.4. The maximum absolute atomic E-state index is 12.3. The second kappa shape index (κ2) is 12.1. The van der Waals surface area contributed by atoms with Crippen LogP contribution in [0.2, 0.25) is 0 Å². The van der Waals surface area contributed by atoms with Crippen molar-refractivity contribution in [2.75, 3.05) is 39.4 Å². The molecule has 2 N–H and O–H groups in total. The van der Waals surface area contributed by atoms with E-state index < -0.39 is 0 Å². The lowest BCUT2D eigenvalue weighted by Gasteiger charge is -2.26. The number of aryl methyl sites for hydroxylation is 1. The molecular weight excluding hydrogens is 378 g/mol. The normalized spacial score (nSPS) is 14.3. The smallest absolute Gasteiger partial charge is 0.251 e. The summed E-state index contributed by atoms with van der Waals surface area (Å²) in [6.45, 7) is 5.64. The lowest BCUT2D eigenvalue weighted by atomic mass is 10.1. The van der Waals surface area contributed by atoms with Crippen LogP contribution >= 0.6 is 0 Å². The number of hydrogen-bond acceptors (Lipinski definition) is 4. The van der Waals surface area contributed by atoms with Gasteiger partial charge in [-0.3, -0.25) is 14.5 Å². The van der Waals surface area contributed by atoms with Gasteiger partial charge in [-0.1, -0.05) is 42.5 Å². The molecule has 0 atom stereocenters. The van der Waals surface area contributed by atoms with Gasteiger partial charge < -0.3 is 15.4 Å². The van der Waals surface area contributed by atoms with Crippen LogP contribution in [-0.4, -0.2) is 56.1 Å². The van der Waals surface area contributed by atoms with Gasteiger partial charge in [0.1, 0.15) is 0 Å². The molecule has 0 unspecified atom stereocenters. The van der Waals surface area contributed by atoms with Gasteiger partial charge in [-0.15, -0.1) is 0 Å². The first-order valence-corrected chi connectivity index (χ1v) is 10.7. The molecule has 3 rings (SSSR count). The van der Waals surface area contributed by atoms with Crippen molar-refractivity contribution in [3.8, 4) is 0 Å². The number of nitrogens with zero attached hydrogens (tertiary/aromatic N) is 1. The van der Waals surface area contributed by atoms with Gasteiger partial charge >= 0.3 is 0 Å². The van der Waals surface area contributed by atoms with Gasteiger partial charge in [0.05, 0.1) is 13.2 Å². The number of rotatable bonds is 10. The molecule has 0 aromatic heterocycles. The molecule has 1 aliphatic heterocycles. The van der Waals surface area contributed by atoms with E-state index in [1.54, 1.807) is 0 Å². The van der Waals surface area contributed by atoms with E-state index in [2.05, 4.69) is 15.5 Å². The molecule has 160 valence electrons. The average Bonchev–Trinajstić information content (AvgIpc) is 2.80. The van der Waals surface area contributed by atoms with Crippen LogP contribution in [0.4, 0.5) is 0 Å². The molecule has 1 saturated heterocycles. The Balaban J connectivity index is 1.32. The summed E-state index contributed by atoms with van der Waals surface area (Å²) in [6.07, 6.45) is 2.13. The Bertz CT molecular complexity index is 787. The number of nitrogens with one attached hydrogen (secondary N) is 2. The van der Waals surface area contributed by atoms with Crippen molar-refractivity contribution >= 4 is 11.8 Å². The van der Waals surface area contributed by atoms with Gasteiger partial charge in [-0.25, -0.2) is 0 Å². The van der Waals surface area contributed by atoms with Crippen molar-refractivity contribution in [2.45, 2.75) is 25.8 Å². The van der Waals surface area contributed by atoms with Crippen LogP contribution in [0.5, 0.6) is 0 Å². The van der Waals surface area contributed by atoms with Crippen LogP contribution in [0, 0.1) is 0 Å². The number of amides is 2. The molecule has 0 radical (unpaired) electrons. The summed E-state index contributed by atoms with van der Waals surface area (Å²) in [5.41, 5.74) is 2.78. The molecule has 0 bridgehead atoms. The van der Waals surface area contributed by atoms with E-state index in [0.29, 0.717) is 25.1 Å². The lowest BCUT2D eigenvalue weighted by Crippen LogP contribution is -2.38. The van der Waals surface area contributed by atoms with Crippen molar-refractivity contribution in [3.05, 3.63) is 71.3 Å². The minimum absolute atomic E-state index is 0.0286. The number of benzene rings is 2. The number of hydrogen-bond donors (Lipinski definition) is 2. The van der Waals surface area contributed by atoms with Crippen molar-refractivity contribution in [1.29, 1.82) is 0 Å². The van der Waals surface area contributed by atoms with E-state index in [-0.39, 0.29) is 11.8 Å². The Labute approximate surface area is 178 Å². The molecule has 6 heteroatoms. The zero-order chi connectivity index (χ0) is 21.0. The van der Waals surface area contributed by atoms with Gasteiger partial charge in [0, 0.05) is 38.2 Å². The third kappa shape index (κ3) is 7.61. The van der Waals surface area contributed by atoms with Crippen molar-refractivity contribution < 1.29 is 14.3 Å². The zero-order valence-electron chi connectivity index (χ0n) is 17.4. The van der Waals surface area contributed by atoms with Crippen LogP contribution in [0.3, 0.4) is 0 Å². The maximum atomic E-state index is 12.3. The first-order chi connectivity index (χ1) is 14.7. The minimum Gasteiger partial charge on any atom is -0.379 e. The fourth-order valence-electron chi connectivity index (χ4n) is 3.40. The Morgan fingerprint density at radius 1 is 0.900 bits per heavy atom. The lowest BCUT2D eigenvalue weighted by molar-refractivity contribution is -0.121. The Morgan fingerprint density at radius 2 is 1.63 bits per heavy atom. The molecule has 30 heavy (non-hydrogen) atoms. The standard InChI is InChI=1S/C24H31N3O3/c28-23(12-9-20-5-2-1-3-6-20)26-19-21-7-10-22(11-8-21)24(29)25-13-4-14-27-15-17-30-18-16-27/h1-3,5-8,10-11H,4,9,12-19H2,(H,25,29)(H,26,28). The second-order valence-corrected chi connectivity index (χ2v) is 7.52. The molecule has 6 nitrogen and oxygen atoms in total. The molecule has 0 saturated carbocycles. The van der Waals surface area contributed by atoms with E-state index >= 15 is 0 Å². The molecule has 0 aliphatic carbocycles. The molecule has 2 amide bonds. The maximum Gasteiger partial charge on any atom is 0.251 e. The van der Waals surface area contributed by atoms with E-state index in [9.17, 15) is 9.59 Å². The summed E-state index contributed by atoms with van der Waals surface area (Å²) in [5, 5.41) is 5.91. The number of carbonyl (C=O) groups excluding carboxylic acids is 2. The number of morpholine rings is 1. The molecule has 0 spiro atoms. The molecule has 1 aliphatic rings. The molecule has 1 heterocycles. The quantitative estimate of drug-likeness (QED) is 0.591. The van der Waals surface area contributed by atoms with E-state index in [1.165, 1.54) is 0 Å². The third-order valence-corrected chi connectivity index (χ3v) is 5.23. The molecule has 1 fully saturated rings. The van der Waals surface area contributed by atoms with Gasteiger partial charge in [0.25, 0.3) is 5.91 Å². The highest BCUT2D eigenvalue weighted by Crippen LogP contribution is 2.06. The van der Waals surface area contributed by atoms with E-state index in [4.69, 9.17) is 4.74 Å². The summed E-state index contributed by atoms with van der Waals surface area (Å²) < 4.78 is 5.34. The first-order valence-electron chi connectivity index (χ1n) is 10.7. The highest BCUT2D eigenvalue weighted by atomic mass is 16.5. The topological polar surface area (TPSA) is 70.7 Å². The number of ether oxygens (including phenoxy) is 1. The first kappa shape index (κ1) is 22.0. The van der Waals surface area contributed by atoms with Crippen LogP contribution in [-0.2, 0) is 22.5 Å². The van der Waals surface area contributed by atoms with Crippen molar-refractivity contribution in [3.63, 3.8) is 0 Å². The highest BCUT2D eigenvalue weighted by molar-refractivity contribution is 5.94. The summed E-state index contributed by atoms with van der Waals surface area (Å²) >= 11 is 0. The fraction of sp³-hybridized carbons (Fsp3) is 0.417. The molecule has 2 aromatic carbocycles. The monoisotopic (exact) mass is 409 g/mol. The second-order valence-electron chi connectivity index (χ2n) is 7.52. The Hall–Kier alpha value is -2.70. The van der Waals surface area contributed by atoms with Crippen LogP contribution < -0.4 is 10.6 Å². The van der Waals surface area contributed by atoms with Crippen LogP contribution in [0.1, 0.15) is 34.3 Å². The predicted molar refractivity (Wildman–Crippen MR) is 117 cm³/mol. The van der Waals surface area contributed by atoms with E-state index in [1.807, 2.05) is 54.6 Å². The van der Waals surface area contributed by atoms with Crippen LogP contribution in [0.25, 0.3) is 0 Å². The highest BCUT2D eigenvalue weighted by Gasteiger charge is 2.10. The number of carbonyl (C=O) groups is 2. The molecular formula is C24H31N3O3. The van der Waals surface area contributed by atoms with Crippen LogP contribution in [0.15, 0.2) is 54.6 Å². The summed E-state index contributed by atoms with van der Waals surface area (Å²) in [6, 6.07) is 17.4. The van der Waals surface area contributed by atoms with Gasteiger partial charge in [-0.2, -0.15) is 0 Å².